The monoisotopic (exact) mass is 256 g/mol. The first-order chi connectivity index (χ1) is 8.31. The van der Waals surface area contributed by atoms with E-state index in [1.54, 1.807) is 0 Å². The van der Waals surface area contributed by atoms with Crippen molar-refractivity contribution in [1.82, 2.24) is 5.32 Å². The first-order valence-electron chi connectivity index (χ1n) is 5.84. The Hall–Kier alpha value is -1.49. The third-order valence-corrected chi connectivity index (χ3v) is 3.11. The van der Waals surface area contributed by atoms with Crippen molar-refractivity contribution in [1.29, 1.82) is 0 Å². The highest BCUT2D eigenvalue weighted by atomic mass is 19.1. The summed E-state index contributed by atoms with van der Waals surface area (Å²) in [6.07, 6.45) is 0.756. The Kier molecular flexibility index (Phi) is 4.40. The van der Waals surface area contributed by atoms with E-state index >= 15 is 0 Å². The minimum Gasteiger partial charge on any atom is -0.368 e. The summed E-state index contributed by atoms with van der Waals surface area (Å²) in [6.45, 7) is 5.29. The van der Waals surface area contributed by atoms with E-state index in [1.807, 2.05) is 13.8 Å². The summed E-state index contributed by atoms with van der Waals surface area (Å²) in [5.74, 6) is -2.17. The van der Waals surface area contributed by atoms with Crippen molar-refractivity contribution >= 4 is 5.91 Å². The van der Waals surface area contributed by atoms with Gasteiger partial charge in [-0.15, -0.1) is 0 Å². The zero-order chi connectivity index (χ0) is 13.9. The number of benzene rings is 1. The molecule has 0 heterocycles. The first kappa shape index (κ1) is 14.6. The third kappa shape index (κ3) is 2.85. The van der Waals surface area contributed by atoms with Crippen molar-refractivity contribution in [3.05, 3.63) is 35.4 Å². The number of hydrogen-bond acceptors (Lipinski definition) is 2. The zero-order valence-electron chi connectivity index (χ0n) is 10.8. The van der Waals surface area contributed by atoms with Crippen LogP contribution in [0.2, 0.25) is 0 Å². The van der Waals surface area contributed by atoms with Crippen molar-refractivity contribution in [3.8, 4) is 0 Å². The number of nitrogens with one attached hydrogen (secondary N) is 1. The zero-order valence-corrected chi connectivity index (χ0v) is 10.8. The van der Waals surface area contributed by atoms with Crippen molar-refractivity contribution < 1.29 is 13.6 Å². The van der Waals surface area contributed by atoms with Gasteiger partial charge in [-0.05, 0) is 26.3 Å². The Morgan fingerprint density at radius 3 is 2.56 bits per heavy atom. The van der Waals surface area contributed by atoms with Crippen LogP contribution in [0.15, 0.2) is 18.2 Å². The summed E-state index contributed by atoms with van der Waals surface area (Å²) < 4.78 is 26.7. The molecule has 5 heteroatoms. The fraction of sp³-hybridized carbons (Fsp3) is 0.462. The second-order valence-electron chi connectivity index (χ2n) is 4.57. The van der Waals surface area contributed by atoms with E-state index in [9.17, 15) is 13.6 Å². The average molecular weight is 256 g/mol. The lowest BCUT2D eigenvalue weighted by Crippen LogP contribution is -2.53. The SMILES string of the molecule is CCC(C)NC(C)(C(N)=O)c1ccc(F)cc1F. The van der Waals surface area contributed by atoms with Crippen LogP contribution in [0.5, 0.6) is 0 Å². The third-order valence-electron chi connectivity index (χ3n) is 3.11. The van der Waals surface area contributed by atoms with Crippen LogP contribution in [0.4, 0.5) is 8.78 Å². The second-order valence-corrected chi connectivity index (χ2v) is 4.57. The summed E-state index contributed by atoms with van der Waals surface area (Å²) >= 11 is 0. The molecule has 0 aliphatic heterocycles. The maximum Gasteiger partial charge on any atom is 0.242 e. The maximum atomic E-state index is 13.8. The lowest BCUT2D eigenvalue weighted by Gasteiger charge is -2.31. The van der Waals surface area contributed by atoms with Crippen LogP contribution in [-0.4, -0.2) is 11.9 Å². The van der Waals surface area contributed by atoms with Crippen LogP contribution in [0, 0.1) is 11.6 Å². The van der Waals surface area contributed by atoms with Crippen molar-refractivity contribution in [2.24, 2.45) is 5.73 Å². The van der Waals surface area contributed by atoms with Crippen molar-refractivity contribution in [3.63, 3.8) is 0 Å². The maximum absolute atomic E-state index is 13.8. The van der Waals surface area contributed by atoms with E-state index in [4.69, 9.17) is 5.73 Å². The fourth-order valence-electron chi connectivity index (χ4n) is 1.77. The van der Waals surface area contributed by atoms with Gasteiger partial charge in [0.2, 0.25) is 5.91 Å². The van der Waals surface area contributed by atoms with Gasteiger partial charge < -0.3 is 5.73 Å². The molecule has 0 spiro atoms. The molecule has 18 heavy (non-hydrogen) atoms. The van der Waals surface area contributed by atoms with Crippen LogP contribution in [0.25, 0.3) is 0 Å². The number of carbonyl (C=O) groups is 1. The van der Waals surface area contributed by atoms with E-state index in [2.05, 4.69) is 5.32 Å². The molecule has 0 saturated carbocycles. The van der Waals surface area contributed by atoms with E-state index in [0.717, 1.165) is 18.6 Å². The van der Waals surface area contributed by atoms with Gasteiger partial charge in [-0.2, -0.15) is 0 Å². The molecule has 0 aliphatic carbocycles. The molecule has 0 aliphatic rings. The van der Waals surface area contributed by atoms with Crippen LogP contribution in [-0.2, 0) is 10.3 Å². The largest absolute Gasteiger partial charge is 0.368 e. The number of carbonyl (C=O) groups excluding carboxylic acids is 1. The predicted molar refractivity (Wildman–Crippen MR) is 65.8 cm³/mol. The smallest absolute Gasteiger partial charge is 0.242 e. The quantitative estimate of drug-likeness (QED) is 0.847. The number of rotatable bonds is 5. The molecule has 3 nitrogen and oxygen atoms in total. The Labute approximate surface area is 105 Å². The molecule has 2 unspecified atom stereocenters. The molecule has 1 aromatic carbocycles. The summed E-state index contributed by atoms with van der Waals surface area (Å²) in [7, 11) is 0. The summed E-state index contributed by atoms with van der Waals surface area (Å²) in [6, 6.07) is 3.07. The molecular formula is C13H18F2N2O. The fourth-order valence-corrected chi connectivity index (χ4v) is 1.77. The Morgan fingerprint density at radius 2 is 2.11 bits per heavy atom. The van der Waals surface area contributed by atoms with Gasteiger partial charge in [0.05, 0.1) is 0 Å². The standard InChI is InChI=1S/C13H18F2N2O/c1-4-8(2)17-13(3,12(16)18)10-6-5-9(14)7-11(10)15/h5-8,17H,4H2,1-3H3,(H2,16,18). The van der Waals surface area contributed by atoms with Crippen LogP contribution in [0.3, 0.4) is 0 Å². The highest BCUT2D eigenvalue weighted by Crippen LogP contribution is 2.25. The lowest BCUT2D eigenvalue weighted by molar-refractivity contribution is -0.124. The average Bonchev–Trinajstić information content (AvgIpc) is 2.28. The molecule has 100 valence electrons. The van der Waals surface area contributed by atoms with Gasteiger partial charge in [0.1, 0.15) is 17.2 Å². The highest BCUT2D eigenvalue weighted by Gasteiger charge is 2.36. The van der Waals surface area contributed by atoms with E-state index in [0.29, 0.717) is 0 Å². The first-order valence-corrected chi connectivity index (χ1v) is 5.84. The Morgan fingerprint density at radius 1 is 1.50 bits per heavy atom. The Bertz CT molecular complexity index is 451. The van der Waals surface area contributed by atoms with Crippen LogP contribution in [0.1, 0.15) is 32.8 Å². The molecule has 1 aromatic rings. The van der Waals surface area contributed by atoms with Gasteiger partial charge in [-0.1, -0.05) is 13.0 Å². The number of amides is 1. The number of primary amides is 1. The Balaban J connectivity index is 3.22. The van der Waals surface area contributed by atoms with Gasteiger partial charge >= 0.3 is 0 Å². The number of nitrogens with two attached hydrogens (primary N) is 1. The molecular weight excluding hydrogens is 238 g/mol. The van der Waals surface area contributed by atoms with Gasteiger partial charge in [0.25, 0.3) is 0 Å². The van der Waals surface area contributed by atoms with Crippen LogP contribution < -0.4 is 11.1 Å². The molecule has 0 fully saturated rings. The van der Waals surface area contributed by atoms with Gasteiger partial charge in [0, 0.05) is 17.7 Å². The molecule has 2 atom stereocenters. The van der Waals surface area contributed by atoms with Crippen LogP contribution >= 0.6 is 0 Å². The number of hydrogen-bond donors (Lipinski definition) is 2. The summed E-state index contributed by atoms with van der Waals surface area (Å²) in [4.78, 5) is 11.6. The van der Waals surface area contributed by atoms with Gasteiger partial charge in [0.15, 0.2) is 0 Å². The van der Waals surface area contributed by atoms with E-state index in [-0.39, 0.29) is 11.6 Å². The number of halogens is 2. The summed E-state index contributed by atoms with van der Waals surface area (Å²) in [5.41, 5.74) is 4.05. The predicted octanol–water partition coefficient (Wildman–Crippen LogP) is 2.05. The lowest BCUT2D eigenvalue weighted by atomic mass is 9.89. The molecule has 0 bridgehead atoms. The molecule has 1 amide bonds. The van der Waals surface area contributed by atoms with E-state index < -0.39 is 23.1 Å². The highest BCUT2D eigenvalue weighted by molar-refractivity contribution is 5.85. The van der Waals surface area contributed by atoms with Gasteiger partial charge in [-0.3, -0.25) is 10.1 Å². The van der Waals surface area contributed by atoms with E-state index in [1.165, 1.54) is 13.0 Å². The van der Waals surface area contributed by atoms with Crippen molar-refractivity contribution in [2.45, 2.75) is 38.8 Å². The minimum atomic E-state index is -1.35. The molecule has 0 saturated heterocycles. The summed E-state index contributed by atoms with van der Waals surface area (Å²) in [5, 5.41) is 2.98. The minimum absolute atomic E-state index is 0.0213. The normalized spacial score (nSPS) is 16.1. The molecule has 0 radical (unpaired) electrons. The topological polar surface area (TPSA) is 55.1 Å². The molecule has 1 rings (SSSR count). The molecule has 3 N–H and O–H groups in total. The van der Waals surface area contributed by atoms with Crippen molar-refractivity contribution in [2.75, 3.05) is 0 Å². The molecule has 0 aromatic heterocycles. The van der Waals surface area contributed by atoms with Gasteiger partial charge in [-0.25, -0.2) is 8.78 Å². The second kappa shape index (κ2) is 5.44.